The molecule has 0 saturated heterocycles. The summed E-state index contributed by atoms with van der Waals surface area (Å²) in [5.41, 5.74) is -1.84. The number of esters is 1. The topological polar surface area (TPSA) is 120 Å². The molecule has 10 nitrogen and oxygen atoms in total. The van der Waals surface area contributed by atoms with Crippen molar-refractivity contribution in [3.63, 3.8) is 0 Å². The maximum absolute atomic E-state index is 13.8. The summed E-state index contributed by atoms with van der Waals surface area (Å²) in [6.45, 7) is -0.546. The quantitative estimate of drug-likeness (QED) is 0.345. The molecule has 0 unspecified atom stereocenters. The monoisotopic (exact) mass is 458 g/mol. The van der Waals surface area contributed by atoms with Gasteiger partial charge in [0, 0.05) is 6.07 Å². The van der Waals surface area contributed by atoms with Gasteiger partial charge in [0.25, 0.3) is 5.56 Å². The van der Waals surface area contributed by atoms with Gasteiger partial charge in [-0.05, 0) is 24.3 Å². The van der Waals surface area contributed by atoms with Gasteiger partial charge in [-0.1, -0.05) is 0 Å². The third-order valence-corrected chi connectivity index (χ3v) is 4.66. The SMILES string of the molecule is BC(F)(F)c1ccc2c(=O)n(CC(=O)Nc3ccc(F)cn3)c3cc(C(=O)OC)nn3c2n1. The van der Waals surface area contributed by atoms with Gasteiger partial charge in [0.2, 0.25) is 19.6 Å². The summed E-state index contributed by atoms with van der Waals surface area (Å²) in [6, 6.07) is 5.64. The van der Waals surface area contributed by atoms with Crippen molar-refractivity contribution in [2.24, 2.45) is 0 Å². The molecule has 0 radical (unpaired) electrons. The summed E-state index contributed by atoms with van der Waals surface area (Å²) in [6.07, 6.45) is 0.905. The predicted octanol–water partition coefficient (Wildman–Crippen LogP) is 0.686. The van der Waals surface area contributed by atoms with E-state index in [0.29, 0.717) is 7.85 Å². The Morgan fingerprint density at radius 3 is 2.64 bits per heavy atom. The number of hydrogen-bond donors (Lipinski definition) is 1. The van der Waals surface area contributed by atoms with E-state index in [2.05, 4.69) is 25.1 Å². The number of rotatable bonds is 5. The number of hydrogen-bond acceptors (Lipinski definition) is 7. The van der Waals surface area contributed by atoms with E-state index in [-0.39, 0.29) is 28.2 Å². The fourth-order valence-corrected chi connectivity index (χ4v) is 3.12. The molecule has 4 aromatic heterocycles. The smallest absolute Gasteiger partial charge is 0.358 e. The average molecular weight is 458 g/mol. The van der Waals surface area contributed by atoms with Crippen molar-refractivity contribution >= 4 is 42.2 Å². The number of amides is 1. The van der Waals surface area contributed by atoms with E-state index in [1.807, 2.05) is 0 Å². The van der Waals surface area contributed by atoms with Crippen LogP contribution in [0, 0.1) is 5.82 Å². The molecular weight excluding hydrogens is 444 g/mol. The zero-order chi connectivity index (χ0) is 23.9. The lowest BCUT2D eigenvalue weighted by Gasteiger charge is -2.13. The summed E-state index contributed by atoms with van der Waals surface area (Å²) < 4.78 is 47.3. The molecule has 168 valence electrons. The summed E-state index contributed by atoms with van der Waals surface area (Å²) in [7, 11) is 1.77. The van der Waals surface area contributed by atoms with Gasteiger partial charge in [0.15, 0.2) is 11.3 Å². The second-order valence-electron chi connectivity index (χ2n) is 7.05. The lowest BCUT2D eigenvalue weighted by atomic mass is 9.95. The lowest BCUT2D eigenvalue weighted by Crippen LogP contribution is -2.30. The Morgan fingerprint density at radius 1 is 1.24 bits per heavy atom. The van der Waals surface area contributed by atoms with E-state index in [9.17, 15) is 27.6 Å². The Balaban J connectivity index is 1.87. The maximum Gasteiger partial charge on any atom is 0.358 e. The average Bonchev–Trinajstić information content (AvgIpc) is 3.22. The van der Waals surface area contributed by atoms with Crippen LogP contribution in [-0.4, -0.2) is 51.0 Å². The number of nitrogens with one attached hydrogen (secondary N) is 1. The number of anilines is 1. The van der Waals surface area contributed by atoms with Crippen molar-refractivity contribution in [1.82, 2.24) is 24.1 Å². The van der Waals surface area contributed by atoms with E-state index in [0.717, 1.165) is 40.6 Å². The first-order valence-corrected chi connectivity index (χ1v) is 9.40. The van der Waals surface area contributed by atoms with E-state index in [1.165, 1.54) is 12.1 Å². The van der Waals surface area contributed by atoms with Gasteiger partial charge in [-0.3, -0.25) is 14.2 Å². The van der Waals surface area contributed by atoms with Crippen molar-refractivity contribution in [3.05, 3.63) is 64.1 Å². The standard InChI is InChI=1S/C19H14BF3N6O4/c1-33-18(32)11-6-15-28(8-14(30)26-13-5-2-9(21)7-24-13)17(31)10-3-4-12(19(20,22)23)25-16(10)29(15)27-11/h2-7H,8,20H2,1H3,(H,24,26,30). The highest BCUT2D eigenvalue weighted by molar-refractivity contribution is 6.13. The molecule has 0 bridgehead atoms. The third kappa shape index (κ3) is 4.14. The van der Waals surface area contributed by atoms with Gasteiger partial charge in [0.1, 0.15) is 29.5 Å². The molecule has 0 aromatic carbocycles. The maximum atomic E-state index is 13.8. The molecule has 14 heteroatoms. The minimum atomic E-state index is -3.30. The van der Waals surface area contributed by atoms with Crippen LogP contribution in [0.2, 0.25) is 0 Å². The molecule has 4 heterocycles. The zero-order valence-electron chi connectivity index (χ0n) is 17.2. The molecule has 0 aliphatic carbocycles. The molecule has 0 spiro atoms. The molecule has 4 aromatic rings. The molecule has 0 fully saturated rings. The lowest BCUT2D eigenvalue weighted by molar-refractivity contribution is -0.116. The van der Waals surface area contributed by atoms with Crippen molar-refractivity contribution in [3.8, 4) is 0 Å². The highest BCUT2D eigenvalue weighted by atomic mass is 19.3. The van der Waals surface area contributed by atoms with Crippen LogP contribution < -0.4 is 10.9 Å². The normalized spacial score (nSPS) is 11.6. The second kappa shape index (κ2) is 8.04. The number of alkyl halides is 2. The second-order valence-corrected chi connectivity index (χ2v) is 7.05. The number of fused-ring (bicyclic) bond motifs is 3. The van der Waals surface area contributed by atoms with Crippen molar-refractivity contribution in [2.45, 2.75) is 12.4 Å². The summed E-state index contributed by atoms with van der Waals surface area (Å²) in [4.78, 5) is 45.2. The van der Waals surface area contributed by atoms with Crippen LogP contribution in [0.4, 0.5) is 19.0 Å². The molecule has 0 atom stereocenters. The fraction of sp³-hybridized carbons (Fsp3) is 0.158. The van der Waals surface area contributed by atoms with E-state index in [4.69, 9.17) is 0 Å². The van der Waals surface area contributed by atoms with Gasteiger partial charge in [-0.25, -0.2) is 27.9 Å². The third-order valence-electron chi connectivity index (χ3n) is 4.66. The molecule has 1 N–H and O–H groups in total. The van der Waals surface area contributed by atoms with Crippen LogP contribution in [0.1, 0.15) is 16.2 Å². The fourth-order valence-electron chi connectivity index (χ4n) is 3.12. The summed E-state index contributed by atoms with van der Waals surface area (Å²) in [5, 5.41) is 6.33. The van der Waals surface area contributed by atoms with E-state index >= 15 is 0 Å². The highest BCUT2D eigenvalue weighted by Crippen LogP contribution is 2.24. The van der Waals surface area contributed by atoms with E-state index in [1.54, 1.807) is 0 Å². The summed E-state index contributed by atoms with van der Waals surface area (Å²) in [5.74, 6) is -5.38. The van der Waals surface area contributed by atoms with Crippen LogP contribution in [-0.2, 0) is 21.9 Å². The minimum absolute atomic E-state index is 0.0477. The Labute approximate surface area is 183 Å². The molecule has 0 saturated carbocycles. The number of aromatic nitrogens is 5. The number of pyridine rings is 2. The van der Waals surface area contributed by atoms with Crippen LogP contribution in [0.3, 0.4) is 0 Å². The van der Waals surface area contributed by atoms with Gasteiger partial charge in [-0.15, -0.1) is 0 Å². The first-order valence-electron chi connectivity index (χ1n) is 9.40. The molecular formula is C19H14BF3N6O4. The number of halogens is 3. The molecule has 0 aliphatic rings. The molecule has 4 rings (SSSR count). The number of nitrogens with zero attached hydrogens (tertiary/aromatic N) is 5. The van der Waals surface area contributed by atoms with Crippen LogP contribution >= 0.6 is 0 Å². The Bertz CT molecular complexity index is 1460. The first kappa shape index (κ1) is 22.0. The number of carbonyl (C=O) groups is 2. The largest absolute Gasteiger partial charge is 0.464 e. The Morgan fingerprint density at radius 2 is 2.00 bits per heavy atom. The van der Waals surface area contributed by atoms with Crippen LogP contribution in [0.5, 0.6) is 0 Å². The van der Waals surface area contributed by atoms with Crippen LogP contribution in [0.25, 0.3) is 16.7 Å². The van der Waals surface area contributed by atoms with Crippen LogP contribution in [0.15, 0.2) is 41.3 Å². The molecule has 1 amide bonds. The van der Waals surface area contributed by atoms with Gasteiger partial charge < -0.3 is 10.1 Å². The van der Waals surface area contributed by atoms with Crippen molar-refractivity contribution in [1.29, 1.82) is 0 Å². The molecule has 33 heavy (non-hydrogen) atoms. The predicted molar refractivity (Wildman–Crippen MR) is 111 cm³/mol. The van der Waals surface area contributed by atoms with Gasteiger partial charge in [-0.2, -0.15) is 9.61 Å². The van der Waals surface area contributed by atoms with Crippen molar-refractivity contribution < 1.29 is 27.5 Å². The number of methoxy groups -OCH3 is 1. The Hall–Kier alpha value is -4.23. The van der Waals surface area contributed by atoms with Gasteiger partial charge in [0.05, 0.1) is 18.7 Å². The van der Waals surface area contributed by atoms with E-state index < -0.39 is 41.3 Å². The Kier molecular flexibility index (Phi) is 5.35. The minimum Gasteiger partial charge on any atom is -0.464 e. The highest BCUT2D eigenvalue weighted by Gasteiger charge is 2.28. The van der Waals surface area contributed by atoms with Gasteiger partial charge >= 0.3 is 5.97 Å². The molecule has 0 aliphatic heterocycles. The zero-order valence-corrected chi connectivity index (χ0v) is 17.2. The first-order chi connectivity index (χ1) is 15.6. The van der Waals surface area contributed by atoms with Crippen molar-refractivity contribution in [2.75, 3.05) is 12.4 Å². The number of ether oxygens (including phenoxy) is 1. The number of carbonyl (C=O) groups excluding carboxylic acids is 2. The summed E-state index contributed by atoms with van der Waals surface area (Å²) >= 11 is 0.